The zero-order chi connectivity index (χ0) is 12.3. The van der Waals surface area contributed by atoms with E-state index in [0.29, 0.717) is 5.75 Å². The van der Waals surface area contributed by atoms with Gasteiger partial charge in [0.1, 0.15) is 23.9 Å². The van der Waals surface area contributed by atoms with E-state index in [2.05, 4.69) is 4.98 Å². The van der Waals surface area contributed by atoms with E-state index in [0.717, 1.165) is 17.3 Å². The van der Waals surface area contributed by atoms with Gasteiger partial charge in [0, 0.05) is 35.7 Å². The number of pyridine rings is 1. The van der Waals surface area contributed by atoms with E-state index in [1.54, 1.807) is 6.20 Å². The number of phenolic OH excluding ortho intramolecular Hbond substituents is 1. The maximum atomic E-state index is 13.0. The highest BCUT2D eigenvalue weighted by Crippen LogP contribution is 2.21. The summed E-state index contributed by atoms with van der Waals surface area (Å²) in [6.45, 7) is 2.19. The van der Waals surface area contributed by atoms with Crippen LogP contribution in [0.2, 0.25) is 0 Å². The van der Waals surface area contributed by atoms with Gasteiger partial charge in [0.25, 0.3) is 0 Å². The second kappa shape index (κ2) is 4.82. The Morgan fingerprint density at radius 1 is 1.29 bits per heavy atom. The molecule has 0 radical (unpaired) electrons. The van der Waals surface area contributed by atoms with Gasteiger partial charge in [-0.15, -0.1) is 0 Å². The molecule has 88 valence electrons. The largest absolute Gasteiger partial charge is 0.508 e. The predicted octanol–water partition coefficient (Wildman–Crippen LogP) is 2.81. The van der Waals surface area contributed by atoms with Crippen molar-refractivity contribution in [2.24, 2.45) is 0 Å². The average Bonchev–Trinajstić information content (AvgIpc) is 2.27. The van der Waals surface area contributed by atoms with Gasteiger partial charge in [-0.3, -0.25) is 4.98 Å². The maximum Gasteiger partial charge on any atom is 0.130 e. The van der Waals surface area contributed by atoms with E-state index >= 15 is 0 Å². The molecule has 0 bridgehead atoms. The smallest absolute Gasteiger partial charge is 0.130 e. The number of benzene rings is 1. The third-order valence-electron chi connectivity index (χ3n) is 2.23. The summed E-state index contributed by atoms with van der Waals surface area (Å²) < 4.78 is 18.3. The highest BCUT2D eigenvalue weighted by Gasteiger charge is 2.01. The third-order valence-corrected chi connectivity index (χ3v) is 2.23. The standard InChI is InChI=1S/C13H12FNO2/c1-9-2-3-10(7-15-9)8-17-13-5-11(14)4-12(16)6-13/h2-7,16H,8H2,1H3. The number of rotatable bonds is 3. The first-order valence-electron chi connectivity index (χ1n) is 5.17. The number of aromatic nitrogens is 1. The Hall–Kier alpha value is -2.10. The average molecular weight is 233 g/mol. The van der Waals surface area contributed by atoms with Gasteiger partial charge in [0.15, 0.2) is 0 Å². The third kappa shape index (κ3) is 3.17. The molecule has 0 saturated heterocycles. The summed E-state index contributed by atoms with van der Waals surface area (Å²) in [5.41, 5.74) is 1.82. The Bertz CT molecular complexity index is 491. The predicted molar refractivity (Wildman–Crippen MR) is 61.4 cm³/mol. The van der Waals surface area contributed by atoms with E-state index in [-0.39, 0.29) is 12.4 Å². The van der Waals surface area contributed by atoms with Crippen molar-refractivity contribution in [2.45, 2.75) is 13.5 Å². The molecule has 0 amide bonds. The minimum absolute atomic E-state index is 0.151. The van der Waals surface area contributed by atoms with Gasteiger partial charge in [0.2, 0.25) is 0 Å². The molecular weight excluding hydrogens is 221 g/mol. The lowest BCUT2D eigenvalue weighted by molar-refractivity contribution is 0.302. The van der Waals surface area contributed by atoms with Gasteiger partial charge in [-0.1, -0.05) is 6.07 Å². The van der Waals surface area contributed by atoms with Crippen molar-refractivity contribution in [3.8, 4) is 11.5 Å². The van der Waals surface area contributed by atoms with Crippen LogP contribution < -0.4 is 4.74 Å². The van der Waals surface area contributed by atoms with Crippen molar-refractivity contribution >= 4 is 0 Å². The van der Waals surface area contributed by atoms with Gasteiger partial charge in [0.05, 0.1) is 0 Å². The van der Waals surface area contributed by atoms with Gasteiger partial charge < -0.3 is 9.84 Å². The summed E-state index contributed by atoms with van der Waals surface area (Å²) in [6, 6.07) is 7.38. The molecular formula is C13H12FNO2. The Kier molecular flexibility index (Phi) is 3.23. The molecule has 0 fully saturated rings. The normalized spacial score (nSPS) is 10.2. The van der Waals surface area contributed by atoms with Gasteiger partial charge >= 0.3 is 0 Å². The zero-order valence-electron chi connectivity index (χ0n) is 9.35. The molecule has 0 atom stereocenters. The van der Waals surface area contributed by atoms with Crippen LogP contribution in [-0.4, -0.2) is 10.1 Å². The lowest BCUT2D eigenvalue weighted by atomic mass is 10.2. The second-order valence-corrected chi connectivity index (χ2v) is 3.74. The molecule has 0 aliphatic carbocycles. The molecule has 3 nitrogen and oxygen atoms in total. The van der Waals surface area contributed by atoms with Crippen LogP contribution in [0.4, 0.5) is 4.39 Å². The summed E-state index contributed by atoms with van der Waals surface area (Å²) in [4.78, 5) is 4.12. The van der Waals surface area contributed by atoms with Crippen LogP contribution in [0.5, 0.6) is 11.5 Å². The molecule has 1 heterocycles. The highest BCUT2D eigenvalue weighted by molar-refractivity contribution is 5.33. The summed E-state index contributed by atoms with van der Waals surface area (Å²) >= 11 is 0. The van der Waals surface area contributed by atoms with E-state index in [1.807, 2.05) is 19.1 Å². The summed E-state index contributed by atoms with van der Waals surface area (Å²) in [5.74, 6) is -0.382. The van der Waals surface area contributed by atoms with Gasteiger partial charge in [-0.05, 0) is 13.0 Å². The van der Waals surface area contributed by atoms with E-state index in [4.69, 9.17) is 4.74 Å². The zero-order valence-corrected chi connectivity index (χ0v) is 9.35. The summed E-state index contributed by atoms with van der Waals surface area (Å²) in [6.07, 6.45) is 1.70. The lowest BCUT2D eigenvalue weighted by Gasteiger charge is -2.06. The minimum Gasteiger partial charge on any atom is -0.508 e. The fourth-order valence-electron chi connectivity index (χ4n) is 1.38. The highest BCUT2D eigenvalue weighted by atomic mass is 19.1. The first kappa shape index (κ1) is 11.4. The van der Waals surface area contributed by atoms with Crippen LogP contribution in [-0.2, 0) is 6.61 Å². The fourth-order valence-corrected chi connectivity index (χ4v) is 1.38. The summed E-state index contributed by atoms with van der Waals surface area (Å²) in [5, 5.41) is 9.20. The quantitative estimate of drug-likeness (QED) is 0.886. The van der Waals surface area contributed by atoms with E-state index < -0.39 is 5.82 Å². The first-order chi connectivity index (χ1) is 8.13. The molecule has 0 unspecified atom stereocenters. The van der Waals surface area contributed by atoms with Crippen LogP contribution >= 0.6 is 0 Å². The monoisotopic (exact) mass is 233 g/mol. The van der Waals surface area contributed by atoms with Crippen LogP contribution in [0.3, 0.4) is 0 Å². The van der Waals surface area contributed by atoms with Crippen LogP contribution in [0.25, 0.3) is 0 Å². The molecule has 0 spiro atoms. The number of halogens is 1. The van der Waals surface area contributed by atoms with E-state index in [9.17, 15) is 9.50 Å². The number of aryl methyl sites for hydroxylation is 1. The molecule has 2 aromatic rings. The minimum atomic E-state index is -0.526. The van der Waals surface area contributed by atoms with Crippen LogP contribution in [0, 0.1) is 12.7 Å². The number of ether oxygens (including phenoxy) is 1. The number of nitrogens with zero attached hydrogens (tertiary/aromatic N) is 1. The molecule has 0 saturated carbocycles. The molecule has 4 heteroatoms. The fraction of sp³-hybridized carbons (Fsp3) is 0.154. The number of phenols is 1. The number of aromatic hydroxyl groups is 1. The molecule has 1 aromatic carbocycles. The van der Waals surface area contributed by atoms with E-state index in [1.165, 1.54) is 12.1 Å². The SMILES string of the molecule is Cc1ccc(COc2cc(O)cc(F)c2)cn1. The number of hydrogen-bond acceptors (Lipinski definition) is 3. The van der Waals surface area contributed by atoms with Crippen molar-refractivity contribution in [3.63, 3.8) is 0 Å². The topological polar surface area (TPSA) is 42.4 Å². The van der Waals surface area contributed by atoms with Crippen LogP contribution in [0.1, 0.15) is 11.3 Å². The van der Waals surface area contributed by atoms with Crippen LogP contribution in [0.15, 0.2) is 36.5 Å². The van der Waals surface area contributed by atoms with Gasteiger partial charge in [-0.25, -0.2) is 4.39 Å². The lowest BCUT2D eigenvalue weighted by Crippen LogP contribution is -1.96. The molecule has 2 rings (SSSR count). The maximum absolute atomic E-state index is 13.0. The molecule has 0 aliphatic heterocycles. The van der Waals surface area contributed by atoms with Gasteiger partial charge in [-0.2, -0.15) is 0 Å². The molecule has 1 N–H and O–H groups in total. The van der Waals surface area contributed by atoms with Crippen molar-refractivity contribution in [2.75, 3.05) is 0 Å². The van der Waals surface area contributed by atoms with Crippen molar-refractivity contribution < 1.29 is 14.2 Å². The Morgan fingerprint density at radius 3 is 2.76 bits per heavy atom. The second-order valence-electron chi connectivity index (χ2n) is 3.74. The Labute approximate surface area is 98.5 Å². The Balaban J connectivity index is 2.04. The van der Waals surface area contributed by atoms with Crippen molar-refractivity contribution in [1.29, 1.82) is 0 Å². The molecule has 1 aromatic heterocycles. The van der Waals surface area contributed by atoms with Crippen molar-refractivity contribution in [1.82, 2.24) is 4.98 Å². The van der Waals surface area contributed by atoms with Crippen molar-refractivity contribution in [3.05, 3.63) is 53.6 Å². The molecule has 17 heavy (non-hydrogen) atoms. The molecule has 0 aliphatic rings. The first-order valence-corrected chi connectivity index (χ1v) is 5.17. The number of hydrogen-bond donors (Lipinski definition) is 1. The summed E-state index contributed by atoms with van der Waals surface area (Å²) in [7, 11) is 0. The Morgan fingerprint density at radius 2 is 2.12 bits per heavy atom.